The Morgan fingerprint density at radius 2 is 1.82 bits per heavy atom. The summed E-state index contributed by atoms with van der Waals surface area (Å²) in [7, 11) is 0. The lowest BCUT2D eigenvalue weighted by molar-refractivity contribution is -0.144. The first-order valence-corrected chi connectivity index (χ1v) is 9.38. The zero-order valence-electron chi connectivity index (χ0n) is 17.1. The van der Waals surface area contributed by atoms with Gasteiger partial charge in [-0.2, -0.15) is 0 Å². The van der Waals surface area contributed by atoms with Crippen molar-refractivity contribution in [3.8, 4) is 11.5 Å². The van der Waals surface area contributed by atoms with E-state index in [-0.39, 0.29) is 37.0 Å². The summed E-state index contributed by atoms with van der Waals surface area (Å²) in [5.74, 6) is 0.946. The van der Waals surface area contributed by atoms with Crippen molar-refractivity contribution in [2.24, 2.45) is 5.41 Å². The van der Waals surface area contributed by atoms with Gasteiger partial charge in [-0.15, -0.1) is 0 Å². The van der Waals surface area contributed by atoms with Gasteiger partial charge in [0.05, 0.1) is 6.42 Å². The lowest BCUT2D eigenvalue weighted by atomic mass is 9.92. The van der Waals surface area contributed by atoms with E-state index >= 15 is 0 Å². The molecule has 0 unspecified atom stereocenters. The third-order valence-corrected chi connectivity index (χ3v) is 4.69. The number of ether oxygens (including phenoxy) is 3. The van der Waals surface area contributed by atoms with E-state index in [0.717, 1.165) is 28.5 Å². The normalized spacial score (nSPS) is 12.9. The van der Waals surface area contributed by atoms with Gasteiger partial charge < -0.3 is 18.8 Å². The van der Waals surface area contributed by atoms with Gasteiger partial charge in [0.25, 0.3) is 0 Å². The fraction of sp³-hybridized carbons (Fsp3) is 0.455. The van der Waals surface area contributed by atoms with E-state index in [1.54, 1.807) is 0 Å². The van der Waals surface area contributed by atoms with E-state index in [2.05, 4.69) is 4.57 Å². The van der Waals surface area contributed by atoms with Crippen LogP contribution in [-0.4, -0.2) is 29.7 Å². The number of carbonyl (C=O) groups excluding carboxylic acids is 2. The topological polar surface area (TPSA) is 66.8 Å². The third kappa shape index (κ3) is 4.55. The van der Waals surface area contributed by atoms with Gasteiger partial charge in [-0.05, 0) is 43.0 Å². The Bertz CT molecular complexity index is 904. The highest BCUT2D eigenvalue weighted by Gasteiger charge is 2.21. The molecule has 0 N–H and O–H groups in total. The number of hydrogen-bond donors (Lipinski definition) is 0. The summed E-state index contributed by atoms with van der Waals surface area (Å²) in [4.78, 5) is 24.5. The first kappa shape index (κ1) is 20.0. The molecule has 150 valence electrons. The molecule has 1 aliphatic rings. The molecule has 0 saturated heterocycles. The van der Waals surface area contributed by atoms with Crippen LogP contribution in [0.15, 0.2) is 24.3 Å². The average Bonchev–Trinajstić information content (AvgIpc) is 3.17. The number of nitrogens with zero attached hydrogens (tertiary/aromatic N) is 1. The predicted octanol–water partition coefficient (Wildman–Crippen LogP) is 4.04. The zero-order valence-corrected chi connectivity index (χ0v) is 17.1. The minimum absolute atomic E-state index is 0.166. The molecule has 2 aromatic rings. The average molecular weight is 385 g/mol. The quantitative estimate of drug-likeness (QED) is 0.554. The fourth-order valence-corrected chi connectivity index (χ4v) is 3.26. The number of ketones is 1. The zero-order chi connectivity index (χ0) is 20.5. The number of carbonyl (C=O) groups is 2. The number of hydrogen-bond acceptors (Lipinski definition) is 5. The van der Waals surface area contributed by atoms with Crippen LogP contribution >= 0.6 is 0 Å². The number of rotatable bonds is 6. The van der Waals surface area contributed by atoms with Crippen LogP contribution < -0.4 is 9.47 Å². The van der Waals surface area contributed by atoms with Crippen molar-refractivity contribution in [2.75, 3.05) is 13.4 Å². The Hall–Kier alpha value is -2.76. The van der Waals surface area contributed by atoms with Gasteiger partial charge in [-0.3, -0.25) is 9.59 Å². The van der Waals surface area contributed by atoms with E-state index in [9.17, 15) is 9.59 Å². The van der Waals surface area contributed by atoms with Crippen LogP contribution in [-0.2, 0) is 16.1 Å². The second-order valence-electron chi connectivity index (χ2n) is 8.38. The molecule has 3 rings (SSSR count). The summed E-state index contributed by atoms with van der Waals surface area (Å²) in [6.45, 7) is 10.4. The van der Waals surface area contributed by atoms with Crippen molar-refractivity contribution in [3.63, 3.8) is 0 Å². The van der Waals surface area contributed by atoms with Crippen molar-refractivity contribution < 1.29 is 23.8 Å². The lowest BCUT2D eigenvalue weighted by Crippen LogP contribution is -2.19. The van der Waals surface area contributed by atoms with E-state index < -0.39 is 0 Å². The van der Waals surface area contributed by atoms with E-state index in [1.807, 2.05) is 58.9 Å². The Kier molecular flexibility index (Phi) is 5.49. The third-order valence-electron chi connectivity index (χ3n) is 4.69. The molecular weight excluding hydrogens is 358 g/mol. The van der Waals surface area contributed by atoms with Gasteiger partial charge in [0, 0.05) is 23.5 Å². The number of fused-ring (bicyclic) bond motifs is 1. The highest BCUT2D eigenvalue weighted by Crippen LogP contribution is 2.33. The molecular formula is C22H27NO5. The van der Waals surface area contributed by atoms with E-state index in [0.29, 0.717) is 12.1 Å². The molecule has 0 atom stereocenters. The fourth-order valence-electron chi connectivity index (χ4n) is 3.26. The van der Waals surface area contributed by atoms with Gasteiger partial charge >= 0.3 is 5.97 Å². The second-order valence-corrected chi connectivity index (χ2v) is 8.38. The lowest BCUT2D eigenvalue weighted by Gasteiger charge is -2.16. The maximum atomic E-state index is 12.6. The predicted molar refractivity (Wildman–Crippen MR) is 105 cm³/mol. The van der Waals surface area contributed by atoms with Crippen LogP contribution in [0, 0.1) is 19.3 Å². The van der Waals surface area contributed by atoms with Crippen LogP contribution in [0.1, 0.15) is 54.5 Å². The van der Waals surface area contributed by atoms with Gasteiger partial charge in [0.2, 0.25) is 12.6 Å². The molecule has 0 radical (unpaired) electrons. The Morgan fingerprint density at radius 3 is 2.54 bits per heavy atom. The maximum Gasteiger partial charge on any atom is 0.306 e. The summed E-state index contributed by atoms with van der Waals surface area (Å²) in [5.41, 5.74) is 3.30. The van der Waals surface area contributed by atoms with Gasteiger partial charge in [0.15, 0.2) is 18.1 Å². The van der Waals surface area contributed by atoms with E-state index in [4.69, 9.17) is 14.2 Å². The first-order chi connectivity index (χ1) is 13.1. The van der Waals surface area contributed by atoms with Crippen molar-refractivity contribution in [1.82, 2.24) is 4.57 Å². The molecule has 1 aliphatic heterocycles. The maximum absolute atomic E-state index is 12.6. The number of aromatic nitrogens is 1. The Labute approximate surface area is 165 Å². The number of esters is 1. The molecule has 6 heteroatoms. The van der Waals surface area contributed by atoms with Crippen molar-refractivity contribution >= 4 is 11.8 Å². The number of benzene rings is 1. The molecule has 0 spiro atoms. The Balaban J connectivity index is 1.69. The molecule has 0 fully saturated rings. The molecule has 6 nitrogen and oxygen atoms in total. The molecule has 0 aliphatic carbocycles. The van der Waals surface area contributed by atoms with Crippen LogP contribution in [0.25, 0.3) is 0 Å². The number of aryl methyl sites for hydroxylation is 1. The van der Waals surface area contributed by atoms with Crippen molar-refractivity contribution in [1.29, 1.82) is 0 Å². The van der Waals surface area contributed by atoms with Gasteiger partial charge in [-0.25, -0.2) is 0 Å². The smallest absolute Gasteiger partial charge is 0.306 e. The van der Waals surface area contributed by atoms with Crippen LogP contribution in [0.5, 0.6) is 11.5 Å². The van der Waals surface area contributed by atoms with Gasteiger partial charge in [0.1, 0.15) is 0 Å². The van der Waals surface area contributed by atoms with Crippen molar-refractivity contribution in [3.05, 3.63) is 46.8 Å². The Morgan fingerprint density at radius 1 is 1.11 bits per heavy atom. The minimum atomic E-state index is -0.352. The minimum Gasteiger partial charge on any atom is -0.457 e. The second kappa shape index (κ2) is 7.70. The molecule has 0 bridgehead atoms. The standard InChI is InChI=1S/C22H27NO5/c1-14-8-17(18(24)12-26-21(25)10-22(3,4)5)15(2)23(14)11-16-6-7-19-20(9-16)28-13-27-19/h6-9H,10-13H2,1-5H3. The summed E-state index contributed by atoms with van der Waals surface area (Å²) in [5, 5.41) is 0. The van der Waals surface area contributed by atoms with Crippen LogP contribution in [0.2, 0.25) is 0 Å². The largest absolute Gasteiger partial charge is 0.457 e. The summed E-state index contributed by atoms with van der Waals surface area (Å²) >= 11 is 0. The highest BCUT2D eigenvalue weighted by atomic mass is 16.7. The summed E-state index contributed by atoms with van der Waals surface area (Å²) < 4.78 is 18.0. The summed E-state index contributed by atoms with van der Waals surface area (Å²) in [6, 6.07) is 7.69. The first-order valence-electron chi connectivity index (χ1n) is 9.38. The van der Waals surface area contributed by atoms with Crippen molar-refractivity contribution in [2.45, 2.75) is 47.6 Å². The van der Waals surface area contributed by atoms with Crippen LogP contribution in [0.3, 0.4) is 0 Å². The molecule has 0 amide bonds. The molecule has 28 heavy (non-hydrogen) atoms. The van der Waals surface area contributed by atoms with Crippen LogP contribution in [0.4, 0.5) is 0 Å². The number of Topliss-reactive ketones (excluding diaryl/α,β-unsaturated/α-hetero) is 1. The van der Waals surface area contributed by atoms with Gasteiger partial charge in [-0.1, -0.05) is 26.8 Å². The summed E-state index contributed by atoms with van der Waals surface area (Å²) in [6.07, 6.45) is 0.281. The molecule has 0 saturated carbocycles. The molecule has 1 aromatic carbocycles. The monoisotopic (exact) mass is 385 g/mol. The molecule has 2 heterocycles. The van der Waals surface area contributed by atoms with E-state index in [1.165, 1.54) is 0 Å². The molecule has 1 aromatic heterocycles. The highest BCUT2D eigenvalue weighted by molar-refractivity contribution is 5.99. The SMILES string of the molecule is Cc1cc(C(=O)COC(=O)CC(C)(C)C)c(C)n1Cc1ccc2c(c1)OCO2.